The highest BCUT2D eigenvalue weighted by molar-refractivity contribution is 14.1. The highest BCUT2D eigenvalue weighted by Gasteiger charge is 2.63. The van der Waals surface area contributed by atoms with Gasteiger partial charge in [-0.15, -0.1) is 11.8 Å². The van der Waals surface area contributed by atoms with Crippen LogP contribution in [0.5, 0.6) is 5.75 Å². The number of fused-ring (bicyclic) bond motifs is 3. The highest BCUT2D eigenvalue weighted by atomic mass is 127. The number of alkyl halides is 1. The molecule has 0 amide bonds. The molecule has 0 aromatic heterocycles. The first-order valence-electron chi connectivity index (χ1n) is 22.1. The normalized spacial score (nSPS) is 45.0. The van der Waals surface area contributed by atoms with Gasteiger partial charge in [-0.05, 0) is 102 Å². The summed E-state index contributed by atoms with van der Waals surface area (Å²) in [6, 6.07) is 7.31. The Kier molecular flexibility index (Phi) is 16.3. The molecule has 15 nitrogen and oxygen atoms in total. The summed E-state index contributed by atoms with van der Waals surface area (Å²) in [5.41, 5.74) is -2.49. The van der Waals surface area contributed by atoms with E-state index in [1.807, 2.05) is 93.5 Å². The van der Waals surface area contributed by atoms with Gasteiger partial charge in [0.05, 0.1) is 67.4 Å². The van der Waals surface area contributed by atoms with Crippen LogP contribution < -0.4 is 4.74 Å². The minimum Gasteiger partial charge on any atom is -0.497 e. The average Bonchev–Trinajstić information content (AvgIpc) is 3.77. The molecular weight excluding hydrogens is 949 g/mol. The number of rotatable bonds is 11. The molecule has 0 radical (unpaired) electrons. The van der Waals surface area contributed by atoms with Gasteiger partial charge >= 0.3 is 11.9 Å². The Bertz CT molecular complexity index is 1760. The molecule has 1 aromatic carbocycles. The van der Waals surface area contributed by atoms with Gasteiger partial charge in [0.2, 0.25) is 0 Å². The fraction of sp³-hybridized carbons (Fsp3) is 0.804. The van der Waals surface area contributed by atoms with Crippen molar-refractivity contribution in [3.8, 4) is 5.75 Å². The Labute approximate surface area is 391 Å². The van der Waals surface area contributed by atoms with Crippen molar-refractivity contribution in [2.24, 2.45) is 29.6 Å². The van der Waals surface area contributed by atoms with Crippen molar-refractivity contribution >= 4 is 52.1 Å². The first-order valence-corrected chi connectivity index (χ1v) is 24.4. The molecule has 5 fully saturated rings. The lowest BCUT2D eigenvalue weighted by Gasteiger charge is -2.49. The van der Waals surface area contributed by atoms with Crippen LogP contribution in [0.2, 0.25) is 0 Å². The van der Waals surface area contributed by atoms with Gasteiger partial charge in [-0.2, -0.15) is 0 Å². The van der Waals surface area contributed by atoms with Gasteiger partial charge in [0.15, 0.2) is 22.3 Å². The largest absolute Gasteiger partial charge is 0.497 e. The molecule has 6 rings (SSSR count). The fourth-order valence-electron chi connectivity index (χ4n) is 10.7. The van der Waals surface area contributed by atoms with Crippen LogP contribution in [0.4, 0.5) is 0 Å². The van der Waals surface area contributed by atoms with Gasteiger partial charge in [0, 0.05) is 56.5 Å². The van der Waals surface area contributed by atoms with Gasteiger partial charge in [-0.1, -0.05) is 26.0 Å². The molecule has 1 unspecified atom stereocenters. The molecule has 17 heteroatoms. The molecule has 63 heavy (non-hydrogen) atoms. The van der Waals surface area contributed by atoms with Gasteiger partial charge in [0.25, 0.3) is 0 Å². The number of esters is 2. The number of hydrogen-bond acceptors (Lipinski definition) is 16. The van der Waals surface area contributed by atoms with Crippen LogP contribution in [0, 0.1) is 29.6 Å². The maximum absolute atomic E-state index is 15.0. The van der Waals surface area contributed by atoms with E-state index in [4.69, 9.17) is 47.4 Å². The van der Waals surface area contributed by atoms with E-state index in [0.717, 1.165) is 11.3 Å². The number of thioether (sulfide) groups is 1. The van der Waals surface area contributed by atoms with Crippen LogP contribution >= 0.6 is 34.4 Å². The van der Waals surface area contributed by atoms with Crippen LogP contribution in [0.3, 0.4) is 0 Å². The summed E-state index contributed by atoms with van der Waals surface area (Å²) in [6.45, 7) is 14.9. The summed E-state index contributed by atoms with van der Waals surface area (Å²) in [4.78, 5) is 45.8. The van der Waals surface area contributed by atoms with Gasteiger partial charge in [0.1, 0.15) is 22.9 Å². The Morgan fingerprint density at radius 2 is 1.60 bits per heavy atom. The van der Waals surface area contributed by atoms with E-state index < -0.39 is 105 Å². The van der Waals surface area contributed by atoms with E-state index in [1.165, 1.54) is 18.9 Å². The SMILES string of the molecule is COc1ccc(CSC2C(=O)O[C@@]3(C)[C@H]2[C@@H](C)C(=O)[C@@H]2CO[C@](C)(C2)[C@H](O[C@@H]2O[C@H](C)C[C@@H](OC)[C@@H]2N(C)C)[C@@H](C)[C@H](O[C@H]2C[C@@](C)(OC)[C@@H](O)[C@H](C)O2)[C@@H](C)C(=O)O[C@@H]3I)cc1. The molecule has 356 valence electrons. The van der Waals surface area contributed by atoms with Crippen LogP contribution in [0.1, 0.15) is 80.2 Å². The van der Waals surface area contributed by atoms with E-state index in [-0.39, 0.29) is 37.1 Å². The molecule has 5 saturated heterocycles. The number of cyclic esters (lactones) is 1. The number of benzene rings is 1. The highest BCUT2D eigenvalue weighted by Crippen LogP contribution is 2.51. The second-order valence-electron chi connectivity index (χ2n) is 19.2. The number of carbonyl (C=O) groups is 3. The molecule has 5 aliphatic rings. The van der Waals surface area contributed by atoms with Gasteiger partial charge < -0.3 is 52.5 Å². The Morgan fingerprint density at radius 3 is 2.22 bits per heavy atom. The maximum Gasteiger partial charge on any atom is 0.320 e. The van der Waals surface area contributed by atoms with Crippen LogP contribution in [-0.4, -0.2) is 151 Å². The molecule has 19 atom stereocenters. The summed E-state index contributed by atoms with van der Waals surface area (Å²) >= 11 is 3.44. The van der Waals surface area contributed by atoms with Gasteiger partial charge in [-0.3, -0.25) is 19.3 Å². The second kappa shape index (κ2) is 20.3. The van der Waals surface area contributed by atoms with Crippen molar-refractivity contribution in [1.82, 2.24) is 4.90 Å². The third kappa shape index (κ3) is 10.3. The summed E-state index contributed by atoms with van der Waals surface area (Å²) in [5, 5.41) is 10.3. The molecule has 5 heterocycles. The Balaban J connectivity index is 1.42. The lowest BCUT2D eigenvalue weighted by Crippen LogP contribution is -2.61. The predicted molar refractivity (Wildman–Crippen MR) is 242 cm³/mol. The third-order valence-corrected chi connectivity index (χ3v) is 17.3. The first kappa shape index (κ1) is 50.8. The molecule has 0 saturated carbocycles. The van der Waals surface area contributed by atoms with E-state index in [0.29, 0.717) is 18.6 Å². The molecule has 1 N–H and O–H groups in total. The average molecular weight is 1020 g/mol. The van der Waals surface area contributed by atoms with Crippen molar-refractivity contribution in [2.75, 3.05) is 42.0 Å². The van der Waals surface area contributed by atoms with E-state index >= 15 is 0 Å². The topological polar surface area (TPSA) is 167 Å². The number of halogens is 1. The monoisotopic (exact) mass is 1020 g/mol. The minimum absolute atomic E-state index is 0.0713. The quantitative estimate of drug-likeness (QED) is 0.166. The Morgan fingerprint density at radius 1 is 0.921 bits per heavy atom. The third-order valence-electron chi connectivity index (χ3n) is 14.5. The fourth-order valence-corrected chi connectivity index (χ4v) is 12.9. The summed E-state index contributed by atoms with van der Waals surface area (Å²) in [6.07, 6.45) is -4.34. The maximum atomic E-state index is 15.0. The number of nitrogens with zero attached hydrogens (tertiary/aromatic N) is 1. The number of ether oxygens (including phenoxy) is 10. The number of likely N-dealkylation sites (N-methyl/N-ethyl adjacent to an activating group) is 1. The second-order valence-corrected chi connectivity index (χ2v) is 21.5. The summed E-state index contributed by atoms with van der Waals surface area (Å²) in [5.74, 6) is -3.41. The number of Topliss-reactive ketones (excluding diaryl/α,β-unsaturated/α-hetero) is 1. The molecule has 0 aliphatic carbocycles. The van der Waals surface area contributed by atoms with Crippen molar-refractivity contribution < 1.29 is 66.9 Å². The standard InChI is InChI=1S/C46H70INO14S/c1-23-18-31(54-12)34(48(9)10)42(57-23)60-39-25(3)36(59-32-20-44(6,55-13)38(50)27(5)58-32)26(4)40(51)61-43(47)46(8)33(24(2)35(49)29-19-45(39,7)56-21-29)37(41(52)62-46)63-22-28-14-16-30(53-11)17-15-28/h14-17,23-27,29,31-34,36-39,42-43,50H,18-22H2,1-13H3/t23-,24-,25+,26-,27+,29+,31-,32+,33+,34+,36+,37?,38+,39-,42+,43+,44-,45-,46+/m1/s1. The van der Waals surface area contributed by atoms with E-state index in [9.17, 15) is 19.5 Å². The lowest BCUT2D eigenvalue weighted by atomic mass is 9.72. The zero-order valence-corrected chi connectivity index (χ0v) is 42.0. The summed E-state index contributed by atoms with van der Waals surface area (Å²) < 4.78 is 62.6. The van der Waals surface area contributed by atoms with Crippen LogP contribution in [-0.2, 0) is 62.8 Å². The smallest absolute Gasteiger partial charge is 0.320 e. The number of methoxy groups -OCH3 is 3. The zero-order valence-electron chi connectivity index (χ0n) is 39.1. The summed E-state index contributed by atoms with van der Waals surface area (Å²) in [7, 11) is 8.73. The van der Waals surface area contributed by atoms with Crippen molar-refractivity contribution in [3.63, 3.8) is 0 Å². The number of carbonyl (C=O) groups excluding carboxylic acids is 3. The number of aliphatic hydroxyl groups excluding tert-OH is 1. The van der Waals surface area contributed by atoms with Crippen LogP contribution in [0.25, 0.3) is 0 Å². The Hall–Kier alpha value is -1.65. The first-order chi connectivity index (χ1) is 29.6. The lowest BCUT2D eigenvalue weighted by molar-refractivity contribution is -0.314. The molecule has 2 bridgehead atoms. The predicted octanol–water partition coefficient (Wildman–Crippen LogP) is 5.57. The molecule has 0 spiro atoms. The van der Waals surface area contributed by atoms with Crippen molar-refractivity contribution in [3.05, 3.63) is 29.8 Å². The van der Waals surface area contributed by atoms with Gasteiger partial charge in [-0.25, -0.2) is 0 Å². The molecule has 1 aromatic rings. The van der Waals surface area contributed by atoms with Crippen molar-refractivity contribution in [1.29, 1.82) is 0 Å². The van der Waals surface area contributed by atoms with E-state index in [2.05, 4.69) is 0 Å². The molecule has 5 aliphatic heterocycles. The zero-order chi connectivity index (χ0) is 46.3. The number of hydrogen-bond donors (Lipinski definition) is 1. The van der Waals surface area contributed by atoms with Crippen LogP contribution in [0.15, 0.2) is 24.3 Å². The number of aliphatic hydroxyl groups is 1. The number of ketones is 1. The minimum atomic E-state index is -1.37. The van der Waals surface area contributed by atoms with Crippen molar-refractivity contribution in [2.45, 2.75) is 162 Å². The molecular formula is C46H70INO14S. The van der Waals surface area contributed by atoms with E-state index in [1.54, 1.807) is 41.9 Å².